The number of aryl methyl sites for hydroxylation is 2. The molecular formula is C13H17N5O. The monoisotopic (exact) mass is 259 g/mol. The molecule has 0 radical (unpaired) electrons. The lowest BCUT2D eigenvalue weighted by molar-refractivity contribution is 0.387. The van der Waals surface area contributed by atoms with Gasteiger partial charge in [0.15, 0.2) is 5.82 Å². The maximum Gasteiger partial charge on any atom is 0.223 e. The number of aromatic nitrogens is 4. The Morgan fingerprint density at radius 2 is 2.16 bits per heavy atom. The Bertz CT molecular complexity index is 566. The second-order valence-corrected chi connectivity index (χ2v) is 4.76. The van der Waals surface area contributed by atoms with Crippen molar-refractivity contribution >= 4 is 5.82 Å². The van der Waals surface area contributed by atoms with E-state index in [1.54, 1.807) is 13.3 Å². The standard InChI is InChI=1S/C13H17N5O/c1-9-17-12(18-19-9)6-7-14-13-10-4-2-3-5-11(10)15-8-16-13/h8H,2-7H2,1H3,(H,14,15,16). The van der Waals surface area contributed by atoms with E-state index in [0.29, 0.717) is 5.89 Å². The van der Waals surface area contributed by atoms with Crippen LogP contribution in [-0.2, 0) is 19.3 Å². The summed E-state index contributed by atoms with van der Waals surface area (Å²) in [6.45, 7) is 2.55. The second kappa shape index (κ2) is 5.34. The van der Waals surface area contributed by atoms with Gasteiger partial charge < -0.3 is 9.84 Å². The van der Waals surface area contributed by atoms with Gasteiger partial charge in [-0.25, -0.2) is 9.97 Å². The van der Waals surface area contributed by atoms with E-state index >= 15 is 0 Å². The molecule has 3 rings (SSSR count). The Kier molecular flexibility index (Phi) is 3.39. The lowest BCUT2D eigenvalue weighted by Gasteiger charge is -2.17. The molecule has 0 atom stereocenters. The highest BCUT2D eigenvalue weighted by atomic mass is 16.5. The maximum atomic E-state index is 4.94. The summed E-state index contributed by atoms with van der Waals surface area (Å²) in [5.74, 6) is 2.30. The quantitative estimate of drug-likeness (QED) is 0.900. The fraction of sp³-hybridized carbons (Fsp3) is 0.538. The zero-order chi connectivity index (χ0) is 13.1. The van der Waals surface area contributed by atoms with Crippen molar-refractivity contribution < 1.29 is 4.52 Å². The molecule has 0 amide bonds. The van der Waals surface area contributed by atoms with Crippen molar-refractivity contribution in [2.75, 3.05) is 11.9 Å². The summed E-state index contributed by atoms with van der Waals surface area (Å²) in [7, 11) is 0. The number of anilines is 1. The van der Waals surface area contributed by atoms with Crippen molar-refractivity contribution in [2.45, 2.75) is 39.0 Å². The van der Waals surface area contributed by atoms with E-state index in [9.17, 15) is 0 Å². The Morgan fingerprint density at radius 1 is 1.26 bits per heavy atom. The van der Waals surface area contributed by atoms with Gasteiger partial charge in [0.05, 0.1) is 0 Å². The molecule has 0 aliphatic heterocycles. The molecule has 2 aromatic heterocycles. The van der Waals surface area contributed by atoms with Crippen LogP contribution < -0.4 is 5.32 Å². The molecule has 6 heteroatoms. The molecule has 0 bridgehead atoms. The van der Waals surface area contributed by atoms with Gasteiger partial charge in [-0.3, -0.25) is 0 Å². The molecule has 1 aliphatic rings. The lowest BCUT2D eigenvalue weighted by atomic mass is 9.96. The van der Waals surface area contributed by atoms with Crippen LogP contribution >= 0.6 is 0 Å². The summed E-state index contributed by atoms with van der Waals surface area (Å²) in [4.78, 5) is 12.9. The fourth-order valence-electron chi connectivity index (χ4n) is 2.41. The van der Waals surface area contributed by atoms with Gasteiger partial charge in [0.2, 0.25) is 5.89 Å². The second-order valence-electron chi connectivity index (χ2n) is 4.76. The van der Waals surface area contributed by atoms with Crippen LogP contribution in [0.25, 0.3) is 0 Å². The number of nitrogens with zero attached hydrogens (tertiary/aromatic N) is 4. The van der Waals surface area contributed by atoms with Crippen LogP contribution in [-0.4, -0.2) is 26.7 Å². The first-order valence-electron chi connectivity index (χ1n) is 6.69. The smallest absolute Gasteiger partial charge is 0.223 e. The normalized spacial score (nSPS) is 14.2. The first-order chi connectivity index (χ1) is 9.33. The Hall–Kier alpha value is -1.98. The number of nitrogens with one attached hydrogen (secondary N) is 1. The van der Waals surface area contributed by atoms with Crippen LogP contribution in [0.3, 0.4) is 0 Å². The summed E-state index contributed by atoms with van der Waals surface area (Å²) in [6.07, 6.45) is 6.96. The van der Waals surface area contributed by atoms with Gasteiger partial charge in [0, 0.05) is 31.1 Å². The van der Waals surface area contributed by atoms with E-state index in [1.807, 2.05) is 0 Å². The van der Waals surface area contributed by atoms with Crippen LogP contribution in [0, 0.1) is 6.92 Å². The zero-order valence-electron chi connectivity index (χ0n) is 11.0. The topological polar surface area (TPSA) is 76.7 Å². The summed E-state index contributed by atoms with van der Waals surface area (Å²) in [5.41, 5.74) is 2.47. The van der Waals surface area contributed by atoms with Crippen molar-refractivity contribution in [1.82, 2.24) is 20.1 Å². The molecule has 1 aliphatic carbocycles. The van der Waals surface area contributed by atoms with E-state index in [4.69, 9.17) is 4.52 Å². The molecule has 0 saturated heterocycles. The maximum absolute atomic E-state index is 4.94. The fourth-order valence-corrected chi connectivity index (χ4v) is 2.41. The van der Waals surface area contributed by atoms with E-state index in [-0.39, 0.29) is 0 Å². The highest BCUT2D eigenvalue weighted by Crippen LogP contribution is 2.24. The van der Waals surface area contributed by atoms with Crippen molar-refractivity contribution in [3.05, 3.63) is 29.3 Å². The molecule has 2 aromatic rings. The SMILES string of the molecule is Cc1nc(CCNc2ncnc3c2CCCC3)no1. The van der Waals surface area contributed by atoms with Crippen molar-refractivity contribution in [2.24, 2.45) is 0 Å². The molecule has 19 heavy (non-hydrogen) atoms. The Balaban J connectivity index is 1.64. The lowest BCUT2D eigenvalue weighted by Crippen LogP contribution is -2.14. The third-order valence-corrected chi connectivity index (χ3v) is 3.34. The highest BCUT2D eigenvalue weighted by molar-refractivity contribution is 5.46. The average molecular weight is 259 g/mol. The van der Waals surface area contributed by atoms with Gasteiger partial charge in [-0.15, -0.1) is 0 Å². The van der Waals surface area contributed by atoms with Crippen LogP contribution in [0.2, 0.25) is 0 Å². The Labute approximate surface area is 111 Å². The Morgan fingerprint density at radius 3 is 3.00 bits per heavy atom. The van der Waals surface area contributed by atoms with Crippen molar-refractivity contribution in [1.29, 1.82) is 0 Å². The predicted octanol–water partition coefficient (Wildman–Crippen LogP) is 1.70. The van der Waals surface area contributed by atoms with Crippen LogP contribution in [0.5, 0.6) is 0 Å². The first kappa shape index (κ1) is 12.1. The van der Waals surface area contributed by atoms with Gasteiger partial charge in [-0.05, 0) is 25.7 Å². The van der Waals surface area contributed by atoms with Crippen LogP contribution in [0.15, 0.2) is 10.9 Å². The molecule has 100 valence electrons. The van der Waals surface area contributed by atoms with Crippen LogP contribution in [0.4, 0.5) is 5.82 Å². The molecule has 0 spiro atoms. The minimum Gasteiger partial charge on any atom is -0.369 e. The van der Waals surface area contributed by atoms with Gasteiger partial charge in [0.25, 0.3) is 0 Å². The first-order valence-corrected chi connectivity index (χ1v) is 6.69. The molecule has 0 unspecified atom stereocenters. The molecule has 6 nitrogen and oxygen atoms in total. The molecule has 2 heterocycles. The molecule has 0 fully saturated rings. The van der Waals surface area contributed by atoms with Gasteiger partial charge in [-0.1, -0.05) is 5.16 Å². The molecule has 0 saturated carbocycles. The molecular weight excluding hydrogens is 242 g/mol. The summed E-state index contributed by atoms with van der Waals surface area (Å²) >= 11 is 0. The molecule has 0 aromatic carbocycles. The van der Waals surface area contributed by atoms with Crippen molar-refractivity contribution in [3.8, 4) is 0 Å². The molecule has 1 N–H and O–H groups in total. The van der Waals surface area contributed by atoms with E-state index < -0.39 is 0 Å². The van der Waals surface area contributed by atoms with Gasteiger partial charge >= 0.3 is 0 Å². The third kappa shape index (κ3) is 2.72. The van der Waals surface area contributed by atoms with Gasteiger partial charge in [-0.2, -0.15) is 4.98 Å². The highest BCUT2D eigenvalue weighted by Gasteiger charge is 2.15. The summed E-state index contributed by atoms with van der Waals surface area (Å²) < 4.78 is 4.94. The minimum absolute atomic E-state index is 0.606. The largest absolute Gasteiger partial charge is 0.369 e. The van der Waals surface area contributed by atoms with E-state index in [2.05, 4.69) is 25.4 Å². The summed E-state index contributed by atoms with van der Waals surface area (Å²) in [5, 5.41) is 7.23. The minimum atomic E-state index is 0.606. The predicted molar refractivity (Wildman–Crippen MR) is 69.9 cm³/mol. The van der Waals surface area contributed by atoms with Crippen molar-refractivity contribution in [3.63, 3.8) is 0 Å². The average Bonchev–Trinajstić information content (AvgIpc) is 2.85. The van der Waals surface area contributed by atoms with Crippen LogP contribution in [0.1, 0.15) is 35.8 Å². The van der Waals surface area contributed by atoms with Gasteiger partial charge in [0.1, 0.15) is 12.1 Å². The van der Waals surface area contributed by atoms with E-state index in [1.165, 1.54) is 24.1 Å². The third-order valence-electron chi connectivity index (χ3n) is 3.34. The zero-order valence-corrected chi connectivity index (χ0v) is 11.0. The number of rotatable bonds is 4. The summed E-state index contributed by atoms with van der Waals surface area (Å²) in [6, 6.07) is 0. The number of hydrogen-bond acceptors (Lipinski definition) is 6. The van der Waals surface area contributed by atoms with E-state index in [0.717, 1.165) is 37.4 Å². The number of fused-ring (bicyclic) bond motifs is 1. The number of hydrogen-bond donors (Lipinski definition) is 1.